The summed E-state index contributed by atoms with van der Waals surface area (Å²) in [6.07, 6.45) is 0.856. The van der Waals surface area contributed by atoms with Crippen LogP contribution in [0.5, 0.6) is 0 Å². The number of aryl methyl sites for hydroxylation is 1. The Morgan fingerprint density at radius 3 is 2.61 bits per heavy atom. The molecule has 142 valence electrons. The zero-order chi connectivity index (χ0) is 19.1. The maximum absolute atomic E-state index is 13.1. The van der Waals surface area contributed by atoms with Gasteiger partial charge in [-0.05, 0) is 42.7 Å². The lowest BCUT2D eigenvalue weighted by molar-refractivity contribution is 0.0789. The van der Waals surface area contributed by atoms with E-state index in [2.05, 4.69) is 45.4 Å². The normalized spacial score (nSPS) is 18.5. The fourth-order valence-corrected chi connectivity index (χ4v) is 4.16. The first-order valence-corrected chi connectivity index (χ1v) is 9.68. The van der Waals surface area contributed by atoms with Gasteiger partial charge in [0.2, 0.25) is 5.89 Å². The summed E-state index contributed by atoms with van der Waals surface area (Å²) in [6.45, 7) is 4.92. The topological polar surface area (TPSA) is 62.5 Å². The second kappa shape index (κ2) is 6.78. The predicted octanol–water partition coefficient (Wildman–Crippen LogP) is 3.53. The highest BCUT2D eigenvalue weighted by atomic mass is 16.5. The minimum atomic E-state index is 0.0669. The van der Waals surface area contributed by atoms with Crippen molar-refractivity contribution in [3.63, 3.8) is 0 Å². The van der Waals surface area contributed by atoms with E-state index in [9.17, 15) is 4.79 Å². The molecule has 0 spiro atoms. The molecule has 3 heterocycles. The highest BCUT2D eigenvalue weighted by Crippen LogP contribution is 2.30. The molecule has 0 radical (unpaired) electrons. The van der Waals surface area contributed by atoms with Gasteiger partial charge in [-0.15, -0.1) is 0 Å². The Morgan fingerprint density at radius 2 is 1.89 bits per heavy atom. The number of hydrogen-bond acceptors (Lipinski definition) is 5. The van der Waals surface area contributed by atoms with Gasteiger partial charge in [-0.25, -0.2) is 0 Å². The largest absolute Gasteiger partial charge is 0.363 e. The zero-order valence-electron chi connectivity index (χ0n) is 15.8. The van der Waals surface area contributed by atoms with Crippen molar-refractivity contribution in [1.29, 1.82) is 0 Å². The quantitative estimate of drug-likeness (QED) is 0.702. The van der Waals surface area contributed by atoms with Crippen LogP contribution in [0.1, 0.15) is 45.5 Å². The number of aromatic nitrogens is 2. The van der Waals surface area contributed by atoms with Gasteiger partial charge in [0.15, 0.2) is 5.82 Å². The Bertz CT molecular complexity index is 1000. The zero-order valence-corrected chi connectivity index (χ0v) is 15.8. The van der Waals surface area contributed by atoms with Crippen LogP contribution in [0.2, 0.25) is 0 Å². The van der Waals surface area contributed by atoms with Crippen LogP contribution in [0.3, 0.4) is 0 Å². The van der Waals surface area contributed by atoms with E-state index in [0.717, 1.165) is 30.8 Å². The number of carbonyl (C=O) groups is 1. The van der Waals surface area contributed by atoms with Crippen molar-refractivity contribution in [2.24, 2.45) is 0 Å². The second-order valence-corrected chi connectivity index (χ2v) is 7.59. The number of rotatable bonds is 3. The number of nitrogens with zero attached hydrogens (tertiary/aromatic N) is 4. The van der Waals surface area contributed by atoms with Crippen molar-refractivity contribution < 1.29 is 9.32 Å². The third-order valence-electron chi connectivity index (χ3n) is 5.67. The monoisotopic (exact) mass is 374 g/mol. The molecule has 1 aromatic heterocycles. The van der Waals surface area contributed by atoms with Crippen LogP contribution >= 0.6 is 0 Å². The summed E-state index contributed by atoms with van der Waals surface area (Å²) in [5.74, 6) is 1.47. The number of carbonyl (C=O) groups excluding carboxylic acids is 1. The summed E-state index contributed by atoms with van der Waals surface area (Å²) in [5.41, 5.74) is 4.54. The van der Waals surface area contributed by atoms with E-state index in [-0.39, 0.29) is 11.8 Å². The third-order valence-corrected chi connectivity index (χ3v) is 5.67. The maximum atomic E-state index is 13.1. The van der Waals surface area contributed by atoms with E-state index in [4.69, 9.17) is 4.52 Å². The van der Waals surface area contributed by atoms with E-state index in [0.29, 0.717) is 24.8 Å². The summed E-state index contributed by atoms with van der Waals surface area (Å²) in [4.78, 5) is 21.6. The molecule has 6 nitrogen and oxygen atoms in total. The number of likely N-dealkylation sites (tertiary alicyclic amines) is 1. The minimum absolute atomic E-state index is 0.0669. The molecule has 5 rings (SSSR count). The van der Waals surface area contributed by atoms with E-state index in [1.165, 1.54) is 11.1 Å². The molecule has 3 aromatic rings. The van der Waals surface area contributed by atoms with Crippen molar-refractivity contribution in [3.8, 4) is 0 Å². The lowest BCUT2D eigenvalue weighted by atomic mass is 10.1. The first kappa shape index (κ1) is 17.0. The van der Waals surface area contributed by atoms with E-state index < -0.39 is 0 Å². The summed E-state index contributed by atoms with van der Waals surface area (Å²) in [6, 6.07) is 16.5. The number of amides is 1. The molecule has 0 bridgehead atoms. The molecular weight excluding hydrogens is 352 g/mol. The fraction of sp³-hybridized carbons (Fsp3) is 0.318. The fourth-order valence-electron chi connectivity index (χ4n) is 4.16. The molecule has 28 heavy (non-hydrogen) atoms. The molecule has 6 heteroatoms. The lowest BCUT2D eigenvalue weighted by Crippen LogP contribution is -2.28. The molecule has 2 aliphatic heterocycles. The van der Waals surface area contributed by atoms with Gasteiger partial charge in [0.25, 0.3) is 5.91 Å². The third kappa shape index (κ3) is 3.05. The van der Waals surface area contributed by atoms with Crippen LogP contribution in [0, 0.1) is 6.92 Å². The van der Waals surface area contributed by atoms with Crippen molar-refractivity contribution >= 4 is 11.6 Å². The van der Waals surface area contributed by atoms with Gasteiger partial charge in [-0.3, -0.25) is 4.79 Å². The predicted molar refractivity (Wildman–Crippen MR) is 105 cm³/mol. The summed E-state index contributed by atoms with van der Waals surface area (Å²) in [5, 5.41) is 3.87. The number of fused-ring (bicyclic) bond motifs is 1. The van der Waals surface area contributed by atoms with Gasteiger partial charge in [-0.2, -0.15) is 4.98 Å². The lowest BCUT2D eigenvalue weighted by Gasteiger charge is -2.20. The highest BCUT2D eigenvalue weighted by Gasteiger charge is 2.31. The van der Waals surface area contributed by atoms with Crippen LogP contribution in [0.25, 0.3) is 0 Å². The average Bonchev–Trinajstić information content (AvgIpc) is 3.46. The first-order chi connectivity index (χ1) is 13.7. The smallest absolute Gasteiger partial charge is 0.253 e. The Kier molecular flexibility index (Phi) is 4.11. The van der Waals surface area contributed by atoms with Crippen molar-refractivity contribution in [1.82, 2.24) is 15.0 Å². The van der Waals surface area contributed by atoms with Crippen LogP contribution in [-0.2, 0) is 13.1 Å². The van der Waals surface area contributed by atoms with Crippen LogP contribution < -0.4 is 4.90 Å². The molecule has 2 aromatic carbocycles. The number of benzene rings is 2. The van der Waals surface area contributed by atoms with E-state index in [1.54, 1.807) is 0 Å². The number of hydrogen-bond donors (Lipinski definition) is 0. The van der Waals surface area contributed by atoms with Gasteiger partial charge < -0.3 is 14.3 Å². The second-order valence-electron chi connectivity index (χ2n) is 7.59. The molecular formula is C22H22N4O2. The van der Waals surface area contributed by atoms with Gasteiger partial charge in [0.1, 0.15) is 0 Å². The molecule has 0 aliphatic carbocycles. The van der Waals surface area contributed by atoms with Gasteiger partial charge in [-0.1, -0.05) is 35.5 Å². The standard InChI is InChI=1S/C22H22N4O2/c1-15-23-21(28-24-15)19-9-10-25(14-19)22(27)16-7-4-8-20(11-16)26-12-17-5-2-3-6-18(17)13-26/h2-8,11,19H,9-10,12-14H2,1H3/t19-/m1/s1. The molecule has 0 saturated carbocycles. The molecule has 1 amide bonds. The summed E-state index contributed by atoms with van der Waals surface area (Å²) in [7, 11) is 0. The van der Waals surface area contributed by atoms with Gasteiger partial charge >= 0.3 is 0 Å². The van der Waals surface area contributed by atoms with Gasteiger partial charge in [0, 0.05) is 37.4 Å². The maximum Gasteiger partial charge on any atom is 0.253 e. The summed E-state index contributed by atoms with van der Waals surface area (Å²) >= 11 is 0. The van der Waals surface area contributed by atoms with Crippen molar-refractivity contribution in [2.75, 3.05) is 18.0 Å². The highest BCUT2D eigenvalue weighted by molar-refractivity contribution is 5.95. The molecule has 2 aliphatic rings. The van der Waals surface area contributed by atoms with Crippen molar-refractivity contribution in [3.05, 3.63) is 76.9 Å². The molecule has 1 atom stereocenters. The van der Waals surface area contributed by atoms with Crippen LogP contribution in [-0.4, -0.2) is 34.0 Å². The molecule has 1 saturated heterocycles. The Hall–Kier alpha value is -3.15. The minimum Gasteiger partial charge on any atom is -0.363 e. The first-order valence-electron chi connectivity index (χ1n) is 9.68. The van der Waals surface area contributed by atoms with E-state index >= 15 is 0 Å². The molecule has 1 fully saturated rings. The summed E-state index contributed by atoms with van der Waals surface area (Å²) < 4.78 is 5.29. The number of anilines is 1. The van der Waals surface area contributed by atoms with Gasteiger partial charge in [0.05, 0.1) is 5.92 Å². The van der Waals surface area contributed by atoms with Crippen LogP contribution in [0.4, 0.5) is 5.69 Å². The van der Waals surface area contributed by atoms with Crippen molar-refractivity contribution in [2.45, 2.75) is 32.4 Å². The Labute approximate surface area is 163 Å². The van der Waals surface area contributed by atoms with E-state index in [1.807, 2.05) is 30.0 Å². The Morgan fingerprint density at radius 1 is 1.11 bits per heavy atom. The molecule has 0 unspecified atom stereocenters. The molecule has 0 N–H and O–H groups in total. The Balaban J connectivity index is 1.31. The van der Waals surface area contributed by atoms with Crippen LogP contribution in [0.15, 0.2) is 53.1 Å². The SMILES string of the molecule is Cc1noc([C@@H]2CCN(C(=O)c3cccc(N4Cc5ccccc5C4)c3)C2)n1. The average molecular weight is 374 g/mol.